The molecule has 2 aromatic heterocycles. The standard InChI is InChI=1S/C22H18ClN3O2S/c23-19-7-1-2-8-20(19)28-14-17-12-21(29-15-17)22(27)25-18-6-3-5-16(11-18)13-26-10-4-9-24-26/h1-12,15H,13-14H2,(H,25,27). The van der Waals surface area contributed by atoms with Gasteiger partial charge in [0.25, 0.3) is 5.91 Å². The van der Waals surface area contributed by atoms with Crippen LogP contribution in [0.4, 0.5) is 5.69 Å². The fourth-order valence-corrected chi connectivity index (χ4v) is 3.80. The minimum atomic E-state index is -0.143. The molecule has 7 heteroatoms. The van der Waals surface area contributed by atoms with Gasteiger partial charge in [-0.1, -0.05) is 35.9 Å². The van der Waals surface area contributed by atoms with Crippen LogP contribution in [0.3, 0.4) is 0 Å². The number of hydrogen-bond donors (Lipinski definition) is 1. The molecule has 1 amide bonds. The molecule has 2 heterocycles. The summed E-state index contributed by atoms with van der Waals surface area (Å²) in [6.45, 7) is 1.01. The first-order valence-electron chi connectivity index (χ1n) is 9.00. The highest BCUT2D eigenvalue weighted by molar-refractivity contribution is 7.12. The van der Waals surface area contributed by atoms with E-state index in [9.17, 15) is 4.79 Å². The highest BCUT2D eigenvalue weighted by Crippen LogP contribution is 2.25. The Kier molecular flexibility index (Phi) is 5.93. The minimum absolute atomic E-state index is 0.143. The lowest BCUT2D eigenvalue weighted by atomic mass is 10.2. The summed E-state index contributed by atoms with van der Waals surface area (Å²) < 4.78 is 7.57. The summed E-state index contributed by atoms with van der Waals surface area (Å²) in [6, 6.07) is 18.8. The van der Waals surface area contributed by atoms with Crippen LogP contribution in [0.2, 0.25) is 5.02 Å². The van der Waals surface area contributed by atoms with Crippen molar-refractivity contribution < 1.29 is 9.53 Å². The second kappa shape index (κ2) is 8.94. The second-order valence-electron chi connectivity index (χ2n) is 6.40. The second-order valence-corrected chi connectivity index (χ2v) is 7.71. The van der Waals surface area contributed by atoms with E-state index in [0.29, 0.717) is 28.8 Å². The minimum Gasteiger partial charge on any atom is -0.487 e. The van der Waals surface area contributed by atoms with Crippen molar-refractivity contribution >= 4 is 34.5 Å². The number of nitrogens with zero attached hydrogens (tertiary/aromatic N) is 2. The van der Waals surface area contributed by atoms with Crippen molar-refractivity contribution in [2.24, 2.45) is 0 Å². The summed E-state index contributed by atoms with van der Waals surface area (Å²) in [6.07, 6.45) is 3.65. The van der Waals surface area contributed by atoms with Crippen LogP contribution in [0.25, 0.3) is 0 Å². The quantitative estimate of drug-likeness (QED) is 0.428. The number of rotatable bonds is 7. The third-order valence-electron chi connectivity index (χ3n) is 4.20. The number of halogens is 1. The average molecular weight is 424 g/mol. The van der Waals surface area contributed by atoms with Gasteiger partial charge in [0.1, 0.15) is 12.4 Å². The number of anilines is 1. The van der Waals surface area contributed by atoms with Crippen molar-refractivity contribution in [3.8, 4) is 5.75 Å². The van der Waals surface area contributed by atoms with Crippen LogP contribution in [0.1, 0.15) is 20.8 Å². The predicted octanol–water partition coefficient (Wildman–Crippen LogP) is 5.48. The van der Waals surface area contributed by atoms with Crippen molar-refractivity contribution in [2.45, 2.75) is 13.2 Å². The third kappa shape index (κ3) is 5.04. The van der Waals surface area contributed by atoms with Gasteiger partial charge in [-0.25, -0.2) is 0 Å². The number of carbonyl (C=O) groups excluding carboxylic acids is 1. The first-order valence-corrected chi connectivity index (χ1v) is 10.3. The number of para-hydroxylation sites is 1. The number of hydrogen-bond acceptors (Lipinski definition) is 4. The Labute approximate surface area is 177 Å². The Hall–Kier alpha value is -3.09. The molecule has 0 unspecified atom stereocenters. The van der Waals surface area contributed by atoms with E-state index in [0.717, 1.165) is 16.8 Å². The third-order valence-corrected chi connectivity index (χ3v) is 5.49. The van der Waals surface area contributed by atoms with Crippen molar-refractivity contribution in [1.82, 2.24) is 9.78 Å². The molecule has 5 nitrogen and oxygen atoms in total. The largest absolute Gasteiger partial charge is 0.487 e. The lowest BCUT2D eigenvalue weighted by Gasteiger charge is -2.07. The Bertz CT molecular complexity index is 1110. The van der Waals surface area contributed by atoms with E-state index < -0.39 is 0 Å². The zero-order valence-electron chi connectivity index (χ0n) is 15.4. The van der Waals surface area contributed by atoms with Gasteiger partial charge < -0.3 is 10.1 Å². The molecule has 146 valence electrons. The van der Waals surface area contributed by atoms with E-state index in [2.05, 4.69) is 10.4 Å². The highest BCUT2D eigenvalue weighted by atomic mass is 35.5. The van der Waals surface area contributed by atoms with E-state index >= 15 is 0 Å². The van der Waals surface area contributed by atoms with Gasteiger partial charge >= 0.3 is 0 Å². The Balaban J connectivity index is 1.37. The smallest absolute Gasteiger partial charge is 0.265 e. The number of carbonyl (C=O) groups is 1. The van der Waals surface area contributed by atoms with E-state index in [1.54, 1.807) is 12.3 Å². The number of aromatic nitrogens is 2. The normalized spacial score (nSPS) is 10.7. The molecule has 0 radical (unpaired) electrons. The molecule has 0 spiro atoms. The van der Waals surface area contributed by atoms with Gasteiger partial charge in [0.15, 0.2) is 0 Å². The molecular formula is C22H18ClN3O2S. The first kappa shape index (κ1) is 19.2. The molecule has 4 rings (SSSR count). The first-order chi connectivity index (χ1) is 14.2. The number of amides is 1. The molecular weight excluding hydrogens is 406 g/mol. The lowest BCUT2D eigenvalue weighted by Crippen LogP contribution is -2.10. The van der Waals surface area contributed by atoms with Gasteiger partial charge in [-0.05, 0) is 47.3 Å². The Morgan fingerprint density at radius 1 is 1.10 bits per heavy atom. The number of benzene rings is 2. The fraction of sp³-hybridized carbons (Fsp3) is 0.0909. The molecule has 0 fully saturated rings. The number of ether oxygens (including phenoxy) is 1. The van der Waals surface area contributed by atoms with Gasteiger partial charge in [0, 0.05) is 23.6 Å². The summed E-state index contributed by atoms with van der Waals surface area (Å²) in [5.41, 5.74) is 2.74. The van der Waals surface area contributed by atoms with Gasteiger partial charge in [-0.15, -0.1) is 11.3 Å². The van der Waals surface area contributed by atoms with E-state index in [4.69, 9.17) is 16.3 Å². The van der Waals surface area contributed by atoms with E-state index in [1.165, 1.54) is 11.3 Å². The zero-order chi connectivity index (χ0) is 20.1. The summed E-state index contributed by atoms with van der Waals surface area (Å²) in [5.74, 6) is 0.482. The van der Waals surface area contributed by atoms with Gasteiger partial charge in [-0.2, -0.15) is 5.10 Å². The van der Waals surface area contributed by atoms with Crippen molar-refractivity contribution in [2.75, 3.05) is 5.32 Å². The maximum Gasteiger partial charge on any atom is 0.265 e. The van der Waals surface area contributed by atoms with E-state index in [1.807, 2.05) is 70.9 Å². The molecule has 0 saturated carbocycles. The topological polar surface area (TPSA) is 56.2 Å². The van der Waals surface area contributed by atoms with Crippen molar-refractivity contribution in [3.05, 3.63) is 99.5 Å². The lowest BCUT2D eigenvalue weighted by molar-refractivity contribution is 0.103. The molecule has 0 aliphatic carbocycles. The summed E-state index contributed by atoms with van der Waals surface area (Å²) in [7, 11) is 0. The monoisotopic (exact) mass is 423 g/mol. The van der Waals surface area contributed by atoms with Gasteiger partial charge in [0.2, 0.25) is 0 Å². The van der Waals surface area contributed by atoms with Crippen molar-refractivity contribution in [1.29, 1.82) is 0 Å². The Morgan fingerprint density at radius 3 is 2.83 bits per heavy atom. The number of nitrogens with one attached hydrogen (secondary N) is 1. The van der Waals surface area contributed by atoms with Crippen LogP contribution in [-0.4, -0.2) is 15.7 Å². The van der Waals surface area contributed by atoms with Gasteiger partial charge in [0.05, 0.1) is 16.4 Å². The fourth-order valence-electron chi connectivity index (χ4n) is 2.81. The van der Waals surface area contributed by atoms with Crippen LogP contribution in [-0.2, 0) is 13.2 Å². The zero-order valence-corrected chi connectivity index (χ0v) is 17.0. The summed E-state index contributed by atoms with van der Waals surface area (Å²) >= 11 is 7.49. The average Bonchev–Trinajstić information content (AvgIpc) is 3.40. The molecule has 0 atom stereocenters. The summed E-state index contributed by atoms with van der Waals surface area (Å²) in [4.78, 5) is 13.2. The van der Waals surface area contributed by atoms with Crippen molar-refractivity contribution in [3.63, 3.8) is 0 Å². The van der Waals surface area contributed by atoms with Crippen LogP contribution in [0, 0.1) is 0 Å². The molecule has 1 N–H and O–H groups in total. The predicted molar refractivity (Wildman–Crippen MR) is 116 cm³/mol. The van der Waals surface area contributed by atoms with Crippen LogP contribution < -0.4 is 10.1 Å². The van der Waals surface area contributed by atoms with E-state index in [-0.39, 0.29) is 5.91 Å². The molecule has 29 heavy (non-hydrogen) atoms. The molecule has 4 aromatic rings. The number of thiophene rings is 1. The maximum absolute atomic E-state index is 12.6. The molecule has 0 aliphatic rings. The maximum atomic E-state index is 12.6. The molecule has 0 saturated heterocycles. The summed E-state index contributed by atoms with van der Waals surface area (Å²) in [5, 5.41) is 9.64. The van der Waals surface area contributed by atoms with Crippen LogP contribution >= 0.6 is 22.9 Å². The highest BCUT2D eigenvalue weighted by Gasteiger charge is 2.11. The molecule has 2 aromatic carbocycles. The SMILES string of the molecule is O=C(Nc1cccc(Cn2cccn2)c1)c1cc(COc2ccccc2Cl)cs1. The Morgan fingerprint density at radius 2 is 2.00 bits per heavy atom. The van der Waals surface area contributed by atoms with Gasteiger partial charge in [-0.3, -0.25) is 9.48 Å². The van der Waals surface area contributed by atoms with Crippen LogP contribution in [0.5, 0.6) is 5.75 Å². The molecule has 0 bridgehead atoms. The van der Waals surface area contributed by atoms with Crippen LogP contribution in [0.15, 0.2) is 78.4 Å². The molecule has 0 aliphatic heterocycles.